The predicted molar refractivity (Wildman–Crippen MR) is 87.5 cm³/mol. The van der Waals surface area contributed by atoms with Crippen molar-refractivity contribution in [1.82, 2.24) is 14.9 Å². The Kier molecular flexibility index (Phi) is 5.64. The second-order valence-electron chi connectivity index (χ2n) is 4.96. The molecular formula is C15H17N3O4S. The van der Waals surface area contributed by atoms with Gasteiger partial charge in [0.25, 0.3) is 5.56 Å². The van der Waals surface area contributed by atoms with Crippen LogP contribution in [0.1, 0.15) is 19.3 Å². The second-order valence-corrected chi connectivity index (χ2v) is 5.85. The Labute approximate surface area is 136 Å². The molecule has 2 heterocycles. The first kappa shape index (κ1) is 16.9. The molecule has 122 valence electrons. The minimum Gasteiger partial charge on any atom is -0.480 e. The molecule has 2 aromatic heterocycles. The van der Waals surface area contributed by atoms with Crippen molar-refractivity contribution in [3.05, 3.63) is 40.8 Å². The molecule has 0 fully saturated rings. The summed E-state index contributed by atoms with van der Waals surface area (Å²) in [5.41, 5.74) is -0.203. The Morgan fingerprint density at radius 3 is 3.00 bits per heavy atom. The third kappa shape index (κ3) is 4.26. The molecule has 0 aliphatic rings. The zero-order valence-corrected chi connectivity index (χ0v) is 13.2. The van der Waals surface area contributed by atoms with Gasteiger partial charge in [-0.25, -0.2) is 9.78 Å². The topological polar surface area (TPSA) is 101 Å². The number of hydrogen-bond donors (Lipinski definition) is 2. The quantitative estimate of drug-likeness (QED) is 0.710. The average molecular weight is 335 g/mol. The van der Waals surface area contributed by atoms with E-state index in [0.29, 0.717) is 16.6 Å². The molecule has 0 aromatic carbocycles. The summed E-state index contributed by atoms with van der Waals surface area (Å²) < 4.78 is 1.36. The molecule has 23 heavy (non-hydrogen) atoms. The number of aromatic nitrogens is 2. The molecule has 1 amide bonds. The number of allylic oxidation sites excluding steroid dienone is 1. The summed E-state index contributed by atoms with van der Waals surface area (Å²) in [5, 5.41) is 13.8. The van der Waals surface area contributed by atoms with E-state index in [-0.39, 0.29) is 24.9 Å². The van der Waals surface area contributed by atoms with Crippen molar-refractivity contribution in [2.45, 2.75) is 31.8 Å². The number of fused-ring (bicyclic) bond motifs is 1. The average Bonchev–Trinajstić information content (AvgIpc) is 3.00. The molecule has 8 heteroatoms. The highest BCUT2D eigenvalue weighted by Gasteiger charge is 2.18. The number of nitrogens with zero attached hydrogens (tertiary/aromatic N) is 2. The van der Waals surface area contributed by atoms with Gasteiger partial charge in [0.2, 0.25) is 5.91 Å². The van der Waals surface area contributed by atoms with Gasteiger partial charge in [0.05, 0.1) is 11.7 Å². The molecule has 0 saturated heterocycles. The number of aliphatic carboxylic acids is 1. The SMILES string of the molecule is C=CCCC(NC(=O)CCn1cnc2sccc2c1=O)C(=O)O. The molecule has 2 aromatic rings. The first-order valence-corrected chi connectivity index (χ1v) is 7.96. The van der Waals surface area contributed by atoms with Gasteiger partial charge < -0.3 is 10.4 Å². The lowest BCUT2D eigenvalue weighted by atomic mass is 10.1. The third-order valence-electron chi connectivity index (χ3n) is 3.32. The number of rotatable bonds is 8. The Morgan fingerprint density at radius 2 is 2.30 bits per heavy atom. The minimum atomic E-state index is -1.08. The Morgan fingerprint density at radius 1 is 1.52 bits per heavy atom. The molecule has 0 aliphatic heterocycles. The Bertz CT molecular complexity index is 780. The molecule has 0 spiro atoms. The van der Waals surface area contributed by atoms with Gasteiger partial charge in [-0.15, -0.1) is 17.9 Å². The van der Waals surface area contributed by atoms with Crippen LogP contribution in [0.4, 0.5) is 0 Å². The molecule has 1 atom stereocenters. The molecule has 1 unspecified atom stereocenters. The maximum Gasteiger partial charge on any atom is 0.326 e. The lowest BCUT2D eigenvalue weighted by molar-refractivity contribution is -0.142. The normalized spacial score (nSPS) is 12.0. The van der Waals surface area contributed by atoms with Gasteiger partial charge in [-0.1, -0.05) is 6.08 Å². The fourth-order valence-corrected chi connectivity index (χ4v) is 2.81. The van der Waals surface area contributed by atoms with Crippen molar-refractivity contribution >= 4 is 33.4 Å². The lowest BCUT2D eigenvalue weighted by Crippen LogP contribution is -2.41. The van der Waals surface area contributed by atoms with Crippen molar-refractivity contribution in [1.29, 1.82) is 0 Å². The van der Waals surface area contributed by atoms with Gasteiger partial charge >= 0.3 is 5.97 Å². The largest absolute Gasteiger partial charge is 0.480 e. The zero-order chi connectivity index (χ0) is 16.8. The van der Waals surface area contributed by atoms with E-state index in [0.717, 1.165) is 0 Å². The van der Waals surface area contributed by atoms with E-state index in [1.165, 1.54) is 22.2 Å². The van der Waals surface area contributed by atoms with Crippen molar-refractivity contribution in [3.63, 3.8) is 0 Å². The van der Waals surface area contributed by atoms with Crippen molar-refractivity contribution < 1.29 is 14.7 Å². The summed E-state index contributed by atoms with van der Waals surface area (Å²) in [7, 11) is 0. The van der Waals surface area contributed by atoms with Crippen molar-refractivity contribution in [3.8, 4) is 0 Å². The van der Waals surface area contributed by atoms with Gasteiger partial charge in [-0.05, 0) is 24.3 Å². The molecule has 0 aliphatic carbocycles. The maximum absolute atomic E-state index is 12.2. The molecular weight excluding hydrogens is 318 g/mol. The van der Waals surface area contributed by atoms with E-state index in [4.69, 9.17) is 5.11 Å². The fraction of sp³-hybridized carbons (Fsp3) is 0.333. The summed E-state index contributed by atoms with van der Waals surface area (Å²) >= 11 is 1.38. The maximum atomic E-state index is 12.2. The Balaban J connectivity index is 1.97. The molecule has 0 bridgehead atoms. The second kappa shape index (κ2) is 7.68. The van der Waals surface area contributed by atoms with E-state index in [2.05, 4.69) is 16.9 Å². The van der Waals surface area contributed by atoms with E-state index < -0.39 is 17.9 Å². The van der Waals surface area contributed by atoms with Gasteiger partial charge in [-0.2, -0.15) is 0 Å². The van der Waals surface area contributed by atoms with E-state index in [1.807, 2.05) is 0 Å². The summed E-state index contributed by atoms with van der Waals surface area (Å²) in [4.78, 5) is 39.9. The molecule has 2 rings (SSSR count). The number of carboxylic acids is 1. The standard InChI is InChI=1S/C15H17N3O4S/c1-2-3-4-11(15(21)22)17-12(19)5-7-18-9-16-13-10(14(18)20)6-8-23-13/h2,6,8-9,11H,1,3-5,7H2,(H,17,19)(H,21,22). The molecule has 0 saturated carbocycles. The highest BCUT2D eigenvalue weighted by Crippen LogP contribution is 2.13. The van der Waals surface area contributed by atoms with Gasteiger partial charge in [0, 0.05) is 13.0 Å². The Hall–Kier alpha value is -2.48. The summed E-state index contributed by atoms with van der Waals surface area (Å²) in [6.45, 7) is 3.68. The highest BCUT2D eigenvalue weighted by molar-refractivity contribution is 7.16. The minimum absolute atomic E-state index is 0.00903. The van der Waals surface area contributed by atoms with Gasteiger partial charge in [0.1, 0.15) is 10.9 Å². The molecule has 0 radical (unpaired) electrons. The zero-order valence-electron chi connectivity index (χ0n) is 12.4. The first-order chi connectivity index (χ1) is 11.0. The highest BCUT2D eigenvalue weighted by atomic mass is 32.1. The number of aryl methyl sites for hydroxylation is 1. The van der Waals surface area contributed by atoms with Crippen LogP contribution < -0.4 is 10.9 Å². The number of thiophene rings is 1. The van der Waals surface area contributed by atoms with Gasteiger partial charge in [-0.3, -0.25) is 14.2 Å². The number of amides is 1. The third-order valence-corrected chi connectivity index (χ3v) is 4.14. The summed E-state index contributed by atoms with van der Waals surface area (Å²) in [6.07, 6.45) is 3.79. The van der Waals surface area contributed by atoms with E-state index in [1.54, 1.807) is 17.5 Å². The van der Waals surface area contributed by atoms with Crippen LogP contribution in [0, 0.1) is 0 Å². The van der Waals surface area contributed by atoms with Crippen molar-refractivity contribution in [2.75, 3.05) is 0 Å². The lowest BCUT2D eigenvalue weighted by Gasteiger charge is -2.13. The van der Waals surface area contributed by atoms with Crippen LogP contribution >= 0.6 is 11.3 Å². The smallest absolute Gasteiger partial charge is 0.326 e. The van der Waals surface area contributed by atoms with Crippen LogP contribution in [0.25, 0.3) is 10.2 Å². The first-order valence-electron chi connectivity index (χ1n) is 7.08. The fourth-order valence-electron chi connectivity index (χ4n) is 2.08. The molecule has 7 nitrogen and oxygen atoms in total. The number of hydrogen-bond acceptors (Lipinski definition) is 5. The predicted octanol–water partition coefficient (Wildman–Crippen LogP) is 1.38. The number of carbonyl (C=O) groups is 2. The van der Waals surface area contributed by atoms with E-state index >= 15 is 0 Å². The van der Waals surface area contributed by atoms with Crippen LogP contribution in [-0.4, -0.2) is 32.6 Å². The monoisotopic (exact) mass is 335 g/mol. The van der Waals surface area contributed by atoms with Crippen LogP contribution in [-0.2, 0) is 16.1 Å². The van der Waals surface area contributed by atoms with Crippen LogP contribution in [0.15, 0.2) is 35.2 Å². The summed E-state index contributed by atoms with van der Waals surface area (Å²) in [5.74, 6) is -1.50. The van der Waals surface area contributed by atoms with Crippen LogP contribution in [0.2, 0.25) is 0 Å². The summed E-state index contributed by atoms with van der Waals surface area (Å²) in [6, 6.07) is 0.747. The van der Waals surface area contributed by atoms with Crippen molar-refractivity contribution in [2.24, 2.45) is 0 Å². The van der Waals surface area contributed by atoms with Crippen LogP contribution in [0.3, 0.4) is 0 Å². The number of nitrogens with one attached hydrogen (secondary N) is 1. The number of carboxylic acid groups (broad SMARTS) is 1. The van der Waals surface area contributed by atoms with E-state index in [9.17, 15) is 14.4 Å². The van der Waals surface area contributed by atoms with Gasteiger partial charge in [0.15, 0.2) is 0 Å². The van der Waals surface area contributed by atoms with Crippen LogP contribution in [0.5, 0.6) is 0 Å². The molecule has 2 N–H and O–H groups in total. The number of carbonyl (C=O) groups excluding carboxylic acids is 1.